The van der Waals surface area contributed by atoms with E-state index in [4.69, 9.17) is 14.0 Å². The molecule has 0 amide bonds. The number of aromatic nitrogens is 2. The molecule has 3 aromatic rings. The number of hydrogen-bond donors (Lipinski definition) is 2. The van der Waals surface area contributed by atoms with Gasteiger partial charge in [0.2, 0.25) is 5.58 Å². The fourth-order valence-electron chi connectivity index (χ4n) is 1.72. The monoisotopic (exact) mass is 450 g/mol. The van der Waals surface area contributed by atoms with Gasteiger partial charge in [0.05, 0.1) is 5.39 Å². The molecule has 7 nitrogen and oxygen atoms in total. The molecule has 0 aliphatic carbocycles. The minimum atomic E-state index is -1.35. The molecule has 0 fully saturated rings. The molecule has 0 atom stereocenters. The van der Waals surface area contributed by atoms with Gasteiger partial charge in [0.15, 0.2) is 27.6 Å². The first-order chi connectivity index (χ1) is 9.49. The molecule has 0 aromatic carbocycles. The fourth-order valence-corrected chi connectivity index (χ4v) is 2.76. The number of halogens is 2. The van der Waals surface area contributed by atoms with Crippen LogP contribution in [0.5, 0.6) is 5.75 Å². The number of furan rings is 1. The molecule has 0 saturated carbocycles. The smallest absolute Gasteiger partial charge is 0.358 e. The Morgan fingerprint density at radius 2 is 2.15 bits per heavy atom. The largest absolute Gasteiger partial charge is 0.502 e. The van der Waals surface area contributed by atoms with E-state index in [1.807, 2.05) is 22.6 Å². The molecule has 0 aliphatic heterocycles. The number of pyridine rings is 1. The van der Waals surface area contributed by atoms with Gasteiger partial charge in [0, 0.05) is 0 Å². The molecule has 0 bridgehead atoms. The zero-order chi connectivity index (χ0) is 14.4. The molecule has 20 heavy (non-hydrogen) atoms. The van der Waals surface area contributed by atoms with Crippen LogP contribution in [0.15, 0.2) is 25.7 Å². The Morgan fingerprint density at radius 1 is 1.40 bits per heavy atom. The number of aromatic carboxylic acids is 1. The van der Waals surface area contributed by atoms with Crippen LogP contribution in [-0.4, -0.2) is 26.3 Å². The lowest BCUT2D eigenvalue weighted by Gasteiger charge is -2.00. The zero-order valence-electron chi connectivity index (χ0n) is 9.42. The molecular formula is C11H4BrIN2O5. The van der Waals surface area contributed by atoms with Crippen molar-refractivity contribution < 1.29 is 23.9 Å². The number of hydrogen-bond acceptors (Lipinski definition) is 6. The molecule has 3 heterocycles. The van der Waals surface area contributed by atoms with Gasteiger partial charge in [-0.2, -0.15) is 0 Å². The Bertz CT molecular complexity index is 841. The number of carboxylic acids is 1. The first kappa shape index (κ1) is 13.4. The SMILES string of the molecule is O=C(O)c1nc(I)c2c(-c3ccc(Br)o3)noc2c1O. The van der Waals surface area contributed by atoms with E-state index in [1.165, 1.54) is 0 Å². The third-order valence-corrected chi connectivity index (χ3v) is 3.76. The summed E-state index contributed by atoms with van der Waals surface area (Å²) < 4.78 is 11.3. The molecule has 9 heteroatoms. The normalized spacial score (nSPS) is 11.1. The summed E-state index contributed by atoms with van der Waals surface area (Å²) in [5.41, 5.74) is -0.176. The lowest BCUT2D eigenvalue weighted by Crippen LogP contribution is -2.02. The molecule has 0 saturated heterocycles. The lowest BCUT2D eigenvalue weighted by atomic mass is 10.2. The summed E-state index contributed by atoms with van der Waals surface area (Å²) in [4.78, 5) is 14.8. The van der Waals surface area contributed by atoms with Gasteiger partial charge in [-0.3, -0.25) is 0 Å². The standard InChI is InChI=1S/C11H4BrIN2O5/c12-4-2-1-3(19-4)6-5-9(20-15-6)8(16)7(11(17)18)14-10(5)13/h1-2,16H,(H,17,18). The maximum Gasteiger partial charge on any atom is 0.358 e. The summed E-state index contributed by atoms with van der Waals surface area (Å²) in [7, 11) is 0. The van der Waals surface area contributed by atoms with E-state index < -0.39 is 17.4 Å². The van der Waals surface area contributed by atoms with Crippen molar-refractivity contribution in [3.8, 4) is 17.2 Å². The number of aromatic hydroxyl groups is 1. The van der Waals surface area contributed by atoms with Gasteiger partial charge in [-0.1, -0.05) is 5.16 Å². The third-order valence-electron chi connectivity index (χ3n) is 2.56. The van der Waals surface area contributed by atoms with Gasteiger partial charge >= 0.3 is 5.97 Å². The lowest BCUT2D eigenvalue weighted by molar-refractivity contribution is 0.0687. The van der Waals surface area contributed by atoms with Crippen LogP contribution < -0.4 is 0 Å². The second kappa shape index (κ2) is 4.74. The van der Waals surface area contributed by atoms with Gasteiger partial charge in [-0.05, 0) is 50.7 Å². The third kappa shape index (κ3) is 1.97. The van der Waals surface area contributed by atoms with Crippen LogP contribution in [0.3, 0.4) is 0 Å². The molecule has 3 aromatic heterocycles. The molecule has 2 N–H and O–H groups in total. The number of rotatable bonds is 2. The number of carboxylic acid groups (broad SMARTS) is 1. The van der Waals surface area contributed by atoms with Crippen LogP contribution >= 0.6 is 38.5 Å². The summed E-state index contributed by atoms with van der Waals surface area (Å²) >= 11 is 5.03. The first-order valence-electron chi connectivity index (χ1n) is 5.16. The van der Waals surface area contributed by atoms with Gasteiger partial charge in [0.1, 0.15) is 3.70 Å². The zero-order valence-corrected chi connectivity index (χ0v) is 13.2. The minimum Gasteiger partial charge on any atom is -0.502 e. The predicted octanol–water partition coefficient (Wildman–Crippen LogP) is 3.25. The van der Waals surface area contributed by atoms with E-state index in [0.29, 0.717) is 25.2 Å². The van der Waals surface area contributed by atoms with Crippen LogP contribution in [-0.2, 0) is 0 Å². The second-order valence-electron chi connectivity index (χ2n) is 3.74. The van der Waals surface area contributed by atoms with Crippen molar-refractivity contribution in [3.05, 3.63) is 26.2 Å². The molecule has 0 radical (unpaired) electrons. The van der Waals surface area contributed by atoms with Gasteiger partial charge < -0.3 is 19.2 Å². The molecule has 0 unspecified atom stereocenters. The topological polar surface area (TPSA) is 110 Å². The Morgan fingerprint density at radius 3 is 2.75 bits per heavy atom. The summed E-state index contributed by atoms with van der Waals surface area (Å²) in [5.74, 6) is -1.49. The van der Waals surface area contributed by atoms with E-state index in [2.05, 4.69) is 26.1 Å². The summed E-state index contributed by atoms with van der Waals surface area (Å²) in [5, 5.41) is 23.1. The average Bonchev–Trinajstić information content (AvgIpc) is 2.99. The van der Waals surface area contributed by atoms with Crippen molar-refractivity contribution in [3.63, 3.8) is 0 Å². The van der Waals surface area contributed by atoms with Crippen LogP contribution in [0.1, 0.15) is 10.5 Å². The minimum absolute atomic E-state index is 0.0377. The van der Waals surface area contributed by atoms with Crippen molar-refractivity contribution in [2.24, 2.45) is 0 Å². The van der Waals surface area contributed by atoms with Crippen molar-refractivity contribution >= 4 is 55.5 Å². The Kier molecular flexibility index (Phi) is 3.17. The second-order valence-corrected chi connectivity index (χ2v) is 5.55. The number of carbonyl (C=O) groups is 1. The van der Waals surface area contributed by atoms with Gasteiger partial charge in [0.25, 0.3) is 0 Å². The quantitative estimate of drug-likeness (QED) is 0.455. The van der Waals surface area contributed by atoms with Crippen molar-refractivity contribution in [1.29, 1.82) is 0 Å². The fraction of sp³-hybridized carbons (Fsp3) is 0. The van der Waals surface area contributed by atoms with Crippen molar-refractivity contribution in [1.82, 2.24) is 10.1 Å². The summed E-state index contributed by atoms with van der Waals surface area (Å²) in [6, 6.07) is 3.35. The highest BCUT2D eigenvalue weighted by atomic mass is 127. The van der Waals surface area contributed by atoms with Crippen LogP contribution in [0.25, 0.3) is 22.4 Å². The Hall–Kier alpha value is -1.62. The average molecular weight is 451 g/mol. The number of nitrogens with zero attached hydrogens (tertiary/aromatic N) is 2. The van der Waals surface area contributed by atoms with E-state index in [9.17, 15) is 9.90 Å². The van der Waals surface area contributed by atoms with Crippen molar-refractivity contribution in [2.75, 3.05) is 0 Å². The van der Waals surface area contributed by atoms with Crippen LogP contribution in [0, 0.1) is 3.70 Å². The maximum atomic E-state index is 11.0. The molecular weight excluding hydrogens is 447 g/mol. The van der Waals surface area contributed by atoms with Gasteiger partial charge in [-0.25, -0.2) is 9.78 Å². The van der Waals surface area contributed by atoms with E-state index in [1.54, 1.807) is 12.1 Å². The van der Waals surface area contributed by atoms with E-state index in [0.717, 1.165) is 0 Å². The maximum absolute atomic E-state index is 11.0. The predicted molar refractivity (Wildman–Crippen MR) is 78.5 cm³/mol. The van der Waals surface area contributed by atoms with Crippen LogP contribution in [0.4, 0.5) is 0 Å². The van der Waals surface area contributed by atoms with E-state index >= 15 is 0 Å². The Labute approximate surface area is 132 Å². The highest BCUT2D eigenvalue weighted by molar-refractivity contribution is 14.1. The van der Waals surface area contributed by atoms with Crippen molar-refractivity contribution in [2.45, 2.75) is 0 Å². The first-order valence-corrected chi connectivity index (χ1v) is 7.03. The molecule has 0 aliphatic rings. The molecule has 0 spiro atoms. The number of fused-ring (bicyclic) bond motifs is 1. The highest BCUT2D eigenvalue weighted by Crippen LogP contribution is 2.37. The van der Waals surface area contributed by atoms with Gasteiger partial charge in [-0.15, -0.1) is 0 Å². The summed E-state index contributed by atoms with van der Waals surface area (Å²) in [6.07, 6.45) is 0. The van der Waals surface area contributed by atoms with E-state index in [-0.39, 0.29) is 5.58 Å². The molecule has 3 rings (SSSR count). The van der Waals surface area contributed by atoms with Crippen LogP contribution in [0.2, 0.25) is 0 Å². The Balaban J connectivity index is 2.33. The molecule has 102 valence electrons. The summed E-state index contributed by atoms with van der Waals surface area (Å²) in [6.45, 7) is 0. The highest BCUT2D eigenvalue weighted by Gasteiger charge is 2.25.